The fourth-order valence-electron chi connectivity index (χ4n) is 1.54. The molecule has 1 aromatic rings. The van der Waals surface area contributed by atoms with Gasteiger partial charge in [0.2, 0.25) is 5.91 Å². The monoisotopic (exact) mass is 268 g/mol. The van der Waals surface area contributed by atoms with Gasteiger partial charge in [-0.05, 0) is 19.9 Å². The van der Waals surface area contributed by atoms with E-state index in [0.717, 1.165) is 0 Å². The van der Waals surface area contributed by atoms with Crippen molar-refractivity contribution in [3.8, 4) is 0 Å². The Morgan fingerprint density at radius 1 is 1.33 bits per heavy atom. The maximum absolute atomic E-state index is 11.8. The molecule has 0 radical (unpaired) electrons. The molecule has 0 fully saturated rings. The standard InChI is InChI=1S/C12H16N2O3S/c1-3-13(4-2)12(15)9-18-11-8-6-5-7-10(11)14(16)17/h5-8H,3-4,9H2,1-2H3. The molecular weight excluding hydrogens is 252 g/mol. The number of rotatable bonds is 6. The summed E-state index contributed by atoms with van der Waals surface area (Å²) in [5.41, 5.74) is 0.0508. The lowest BCUT2D eigenvalue weighted by Crippen LogP contribution is -2.31. The summed E-state index contributed by atoms with van der Waals surface area (Å²) in [4.78, 5) is 24.4. The molecule has 0 N–H and O–H groups in total. The highest BCUT2D eigenvalue weighted by Crippen LogP contribution is 2.28. The number of nitrogens with zero attached hydrogens (tertiary/aromatic N) is 2. The van der Waals surface area contributed by atoms with Crippen LogP contribution in [0.15, 0.2) is 29.2 Å². The predicted molar refractivity (Wildman–Crippen MR) is 71.7 cm³/mol. The second kappa shape index (κ2) is 7.00. The van der Waals surface area contributed by atoms with Gasteiger partial charge in [0.15, 0.2) is 0 Å². The molecule has 1 rings (SSSR count). The molecule has 0 saturated heterocycles. The first-order valence-electron chi connectivity index (χ1n) is 5.74. The van der Waals surface area contributed by atoms with Gasteiger partial charge in [-0.1, -0.05) is 12.1 Å². The number of benzene rings is 1. The minimum absolute atomic E-state index is 0.00292. The first-order valence-corrected chi connectivity index (χ1v) is 6.72. The molecule has 0 atom stereocenters. The average Bonchev–Trinajstić information content (AvgIpc) is 2.38. The van der Waals surface area contributed by atoms with E-state index in [2.05, 4.69) is 0 Å². The second-order valence-corrected chi connectivity index (χ2v) is 4.60. The summed E-state index contributed by atoms with van der Waals surface area (Å²) < 4.78 is 0. The van der Waals surface area contributed by atoms with Crippen LogP contribution in [0.5, 0.6) is 0 Å². The summed E-state index contributed by atoms with van der Waals surface area (Å²) in [5, 5.41) is 10.8. The fraction of sp³-hybridized carbons (Fsp3) is 0.417. The van der Waals surface area contributed by atoms with Gasteiger partial charge in [0.1, 0.15) is 0 Å². The first kappa shape index (κ1) is 14.5. The average molecular weight is 268 g/mol. The van der Waals surface area contributed by atoms with E-state index >= 15 is 0 Å². The first-order chi connectivity index (χ1) is 8.60. The van der Waals surface area contributed by atoms with Gasteiger partial charge < -0.3 is 4.90 Å². The molecule has 0 spiro atoms. The van der Waals surface area contributed by atoms with Crippen LogP contribution < -0.4 is 0 Å². The van der Waals surface area contributed by atoms with Crippen LogP contribution in [0.1, 0.15) is 13.8 Å². The summed E-state index contributed by atoms with van der Waals surface area (Å²) in [5.74, 6) is 0.232. The van der Waals surface area contributed by atoms with Crippen LogP contribution in [0.2, 0.25) is 0 Å². The Labute approximate surface area is 110 Å². The van der Waals surface area contributed by atoms with Gasteiger partial charge in [-0.3, -0.25) is 14.9 Å². The van der Waals surface area contributed by atoms with Gasteiger partial charge in [0, 0.05) is 19.2 Å². The summed E-state index contributed by atoms with van der Waals surface area (Å²) in [6.07, 6.45) is 0. The zero-order chi connectivity index (χ0) is 13.5. The topological polar surface area (TPSA) is 63.5 Å². The van der Waals surface area contributed by atoms with Gasteiger partial charge in [-0.15, -0.1) is 11.8 Å². The molecule has 0 saturated carbocycles. The van der Waals surface area contributed by atoms with Crippen LogP contribution >= 0.6 is 11.8 Å². The van der Waals surface area contributed by atoms with Crippen molar-refractivity contribution in [2.24, 2.45) is 0 Å². The van der Waals surface area contributed by atoms with E-state index in [9.17, 15) is 14.9 Å². The summed E-state index contributed by atoms with van der Waals surface area (Å²) in [7, 11) is 0. The normalized spacial score (nSPS) is 10.1. The molecule has 5 nitrogen and oxygen atoms in total. The molecule has 1 amide bonds. The smallest absolute Gasteiger partial charge is 0.282 e. The van der Waals surface area contributed by atoms with Crippen LogP contribution in [0.3, 0.4) is 0 Å². The van der Waals surface area contributed by atoms with Crippen LogP contribution in [0.25, 0.3) is 0 Å². The van der Waals surface area contributed by atoms with Gasteiger partial charge in [-0.2, -0.15) is 0 Å². The molecule has 0 heterocycles. The molecule has 1 aromatic carbocycles. The molecule has 0 aliphatic rings. The van der Waals surface area contributed by atoms with Crippen molar-refractivity contribution >= 4 is 23.4 Å². The minimum Gasteiger partial charge on any atom is -0.343 e. The van der Waals surface area contributed by atoms with E-state index < -0.39 is 4.92 Å². The maximum atomic E-state index is 11.8. The van der Waals surface area contributed by atoms with Crippen LogP contribution in [0, 0.1) is 10.1 Å². The Bertz CT molecular complexity index is 433. The third-order valence-corrected chi connectivity index (χ3v) is 3.58. The van der Waals surface area contributed by atoms with Crippen molar-refractivity contribution in [2.45, 2.75) is 18.7 Å². The van der Waals surface area contributed by atoms with E-state index in [1.54, 1.807) is 23.1 Å². The van der Waals surface area contributed by atoms with Crippen molar-refractivity contribution in [1.82, 2.24) is 4.90 Å². The van der Waals surface area contributed by atoms with Crippen molar-refractivity contribution in [3.05, 3.63) is 34.4 Å². The Balaban J connectivity index is 2.69. The number of hydrogen-bond donors (Lipinski definition) is 0. The second-order valence-electron chi connectivity index (χ2n) is 3.58. The molecule has 0 bridgehead atoms. The molecular formula is C12H16N2O3S. The van der Waals surface area contributed by atoms with Crippen LogP contribution in [0.4, 0.5) is 5.69 Å². The lowest BCUT2D eigenvalue weighted by atomic mass is 10.3. The van der Waals surface area contributed by atoms with Crippen molar-refractivity contribution in [2.75, 3.05) is 18.8 Å². The Morgan fingerprint density at radius 2 is 1.94 bits per heavy atom. The highest BCUT2D eigenvalue weighted by Gasteiger charge is 2.16. The summed E-state index contributed by atoms with van der Waals surface area (Å²) in [6.45, 7) is 5.15. The third-order valence-electron chi connectivity index (χ3n) is 2.53. The molecule has 6 heteroatoms. The highest BCUT2D eigenvalue weighted by atomic mass is 32.2. The lowest BCUT2D eigenvalue weighted by molar-refractivity contribution is -0.387. The van der Waals surface area contributed by atoms with E-state index in [0.29, 0.717) is 18.0 Å². The number of amides is 1. The summed E-state index contributed by atoms with van der Waals surface area (Å²) in [6, 6.07) is 6.47. The largest absolute Gasteiger partial charge is 0.343 e. The third kappa shape index (κ3) is 3.73. The number of carbonyl (C=O) groups excluding carboxylic acids is 1. The van der Waals surface area contributed by atoms with E-state index in [4.69, 9.17) is 0 Å². The molecule has 0 aromatic heterocycles. The van der Waals surface area contributed by atoms with Crippen molar-refractivity contribution in [3.63, 3.8) is 0 Å². The van der Waals surface area contributed by atoms with E-state index in [1.165, 1.54) is 17.8 Å². The number of thioether (sulfide) groups is 1. The Kier molecular flexibility index (Phi) is 5.64. The fourth-order valence-corrected chi connectivity index (χ4v) is 2.46. The van der Waals surface area contributed by atoms with E-state index in [1.807, 2.05) is 13.8 Å². The Hall–Kier alpha value is -1.56. The van der Waals surface area contributed by atoms with Gasteiger partial charge in [0.05, 0.1) is 15.6 Å². The molecule has 0 aliphatic heterocycles. The maximum Gasteiger partial charge on any atom is 0.282 e. The number of nitro benzene ring substituents is 1. The number of nitro groups is 1. The number of para-hydroxylation sites is 1. The molecule has 18 heavy (non-hydrogen) atoms. The molecule has 98 valence electrons. The number of hydrogen-bond acceptors (Lipinski definition) is 4. The van der Waals surface area contributed by atoms with Gasteiger partial charge in [-0.25, -0.2) is 0 Å². The molecule has 0 unspecified atom stereocenters. The SMILES string of the molecule is CCN(CC)C(=O)CSc1ccccc1[N+](=O)[O-]. The molecule has 0 aliphatic carbocycles. The zero-order valence-electron chi connectivity index (χ0n) is 10.5. The van der Waals surface area contributed by atoms with Crippen molar-refractivity contribution < 1.29 is 9.72 Å². The van der Waals surface area contributed by atoms with Crippen LogP contribution in [-0.4, -0.2) is 34.6 Å². The number of carbonyl (C=O) groups is 1. The predicted octanol–water partition coefficient (Wildman–Crippen LogP) is 2.56. The van der Waals surface area contributed by atoms with Crippen LogP contribution in [-0.2, 0) is 4.79 Å². The van der Waals surface area contributed by atoms with Gasteiger partial charge >= 0.3 is 0 Å². The van der Waals surface area contributed by atoms with E-state index in [-0.39, 0.29) is 17.3 Å². The quantitative estimate of drug-likeness (QED) is 0.452. The van der Waals surface area contributed by atoms with Crippen molar-refractivity contribution in [1.29, 1.82) is 0 Å². The zero-order valence-corrected chi connectivity index (χ0v) is 11.3. The summed E-state index contributed by atoms with van der Waals surface area (Å²) >= 11 is 1.21. The minimum atomic E-state index is -0.426. The highest BCUT2D eigenvalue weighted by molar-refractivity contribution is 8.00. The lowest BCUT2D eigenvalue weighted by Gasteiger charge is -2.18. The Morgan fingerprint density at radius 3 is 2.50 bits per heavy atom. The van der Waals surface area contributed by atoms with Gasteiger partial charge in [0.25, 0.3) is 5.69 Å².